The van der Waals surface area contributed by atoms with Crippen LogP contribution < -0.4 is 4.90 Å². The summed E-state index contributed by atoms with van der Waals surface area (Å²) in [6.45, 7) is 0.963. The number of fused-ring (bicyclic) bond motifs is 1. The van der Waals surface area contributed by atoms with E-state index in [1.165, 1.54) is 35.9 Å². The van der Waals surface area contributed by atoms with E-state index in [1.807, 2.05) is 11.1 Å². The smallest absolute Gasteiger partial charge is 0.267 e. The lowest BCUT2D eigenvalue weighted by molar-refractivity contribution is -0.123. The van der Waals surface area contributed by atoms with E-state index >= 15 is 0 Å². The first-order chi connectivity index (χ1) is 11.2. The van der Waals surface area contributed by atoms with Crippen LogP contribution in [0.3, 0.4) is 0 Å². The van der Waals surface area contributed by atoms with Crippen LogP contribution in [0.1, 0.15) is 37.7 Å². The van der Waals surface area contributed by atoms with Crippen molar-refractivity contribution in [1.82, 2.24) is 4.90 Å². The number of thiocarbonyl (C=S) groups is 1. The van der Waals surface area contributed by atoms with Crippen LogP contribution in [0.5, 0.6) is 0 Å². The lowest BCUT2D eigenvalue weighted by atomic mass is 10.0. The molecule has 1 amide bonds. The average molecular weight is 345 g/mol. The number of nitrogens with zero attached hydrogens (tertiary/aromatic N) is 2. The molecule has 0 N–H and O–H groups in total. The second-order valence-corrected chi connectivity index (χ2v) is 8.08. The van der Waals surface area contributed by atoms with Gasteiger partial charge in [-0.05, 0) is 37.3 Å². The third kappa shape index (κ3) is 2.81. The van der Waals surface area contributed by atoms with E-state index in [0.717, 1.165) is 41.5 Å². The van der Waals surface area contributed by atoms with Crippen molar-refractivity contribution >= 4 is 39.9 Å². The fourth-order valence-corrected chi connectivity index (χ4v) is 5.17. The topological polar surface area (TPSA) is 23.6 Å². The second kappa shape index (κ2) is 6.29. The zero-order valence-corrected chi connectivity index (χ0v) is 14.7. The van der Waals surface area contributed by atoms with E-state index < -0.39 is 0 Å². The molecule has 0 radical (unpaired) electrons. The molecule has 120 valence electrons. The number of anilines is 1. The highest BCUT2D eigenvalue weighted by atomic mass is 32.2. The number of para-hydroxylation sites is 1. The summed E-state index contributed by atoms with van der Waals surface area (Å²) in [5.41, 5.74) is 2.59. The van der Waals surface area contributed by atoms with Crippen molar-refractivity contribution in [3.63, 3.8) is 0 Å². The molecule has 4 rings (SSSR count). The number of aryl methyl sites for hydroxylation is 1. The molecule has 1 saturated carbocycles. The van der Waals surface area contributed by atoms with Crippen molar-refractivity contribution in [3.05, 3.63) is 40.9 Å². The molecular weight excluding hydrogens is 324 g/mol. The fraction of sp³-hybridized carbons (Fsp3) is 0.444. The van der Waals surface area contributed by atoms with Crippen molar-refractivity contribution in [2.45, 2.75) is 44.6 Å². The van der Waals surface area contributed by atoms with Gasteiger partial charge in [-0.1, -0.05) is 55.0 Å². The van der Waals surface area contributed by atoms with Gasteiger partial charge in [-0.25, -0.2) is 0 Å². The van der Waals surface area contributed by atoms with Gasteiger partial charge >= 0.3 is 0 Å². The Bertz CT molecular complexity index is 679. The Balaban J connectivity index is 1.60. The molecule has 23 heavy (non-hydrogen) atoms. The van der Waals surface area contributed by atoms with E-state index in [0.29, 0.717) is 6.04 Å². The molecule has 5 heteroatoms. The molecular formula is C18H20N2OS2. The summed E-state index contributed by atoms with van der Waals surface area (Å²) in [6.07, 6.45) is 8.85. The number of thioether (sulfide) groups is 1. The third-order valence-electron chi connectivity index (χ3n) is 4.93. The number of amides is 1. The van der Waals surface area contributed by atoms with Crippen LogP contribution in [-0.4, -0.2) is 27.7 Å². The third-order valence-corrected chi connectivity index (χ3v) is 6.25. The minimum absolute atomic E-state index is 0.106. The van der Waals surface area contributed by atoms with Gasteiger partial charge in [-0.3, -0.25) is 9.69 Å². The predicted octanol–water partition coefficient (Wildman–Crippen LogP) is 4.08. The molecule has 3 aliphatic rings. The van der Waals surface area contributed by atoms with Crippen LogP contribution in [0.2, 0.25) is 0 Å². The van der Waals surface area contributed by atoms with Gasteiger partial charge in [0.25, 0.3) is 5.91 Å². The molecule has 1 aromatic carbocycles. The molecule has 2 heterocycles. The monoisotopic (exact) mass is 344 g/mol. The largest absolute Gasteiger partial charge is 0.346 e. The standard InChI is InChI=1S/C18H20N2OS2/c21-17-16(23-18(22)20(17)14-8-2-3-9-14)12-19-11-5-7-13-6-1-4-10-15(13)19/h1,4,6,10,12,14H,2-3,5,7-9,11H2/b16-12-. The minimum Gasteiger partial charge on any atom is -0.346 e. The van der Waals surface area contributed by atoms with Crippen molar-refractivity contribution in [2.75, 3.05) is 11.4 Å². The zero-order valence-electron chi connectivity index (χ0n) is 13.0. The lowest BCUT2D eigenvalue weighted by Gasteiger charge is -2.28. The molecule has 1 aliphatic carbocycles. The van der Waals surface area contributed by atoms with Gasteiger partial charge in [0.15, 0.2) is 0 Å². The van der Waals surface area contributed by atoms with Crippen LogP contribution >= 0.6 is 24.0 Å². The maximum absolute atomic E-state index is 12.8. The Labute approximate surface area is 146 Å². The highest BCUT2D eigenvalue weighted by Gasteiger charge is 2.38. The summed E-state index contributed by atoms with van der Waals surface area (Å²) in [6, 6.07) is 8.79. The first-order valence-electron chi connectivity index (χ1n) is 8.36. The Morgan fingerprint density at radius 1 is 1.17 bits per heavy atom. The van der Waals surface area contributed by atoms with Gasteiger partial charge < -0.3 is 4.90 Å². The van der Waals surface area contributed by atoms with E-state index in [2.05, 4.69) is 29.2 Å². The van der Waals surface area contributed by atoms with Crippen LogP contribution in [0, 0.1) is 0 Å². The van der Waals surface area contributed by atoms with Gasteiger partial charge in [0.2, 0.25) is 0 Å². The predicted molar refractivity (Wildman–Crippen MR) is 99.5 cm³/mol. The Hall–Kier alpha value is -1.33. The normalized spacial score (nSPS) is 23.9. The molecule has 2 fully saturated rings. The van der Waals surface area contributed by atoms with E-state index in [9.17, 15) is 4.79 Å². The van der Waals surface area contributed by atoms with Crippen LogP contribution in [0.4, 0.5) is 5.69 Å². The van der Waals surface area contributed by atoms with Gasteiger partial charge in [-0.2, -0.15) is 0 Å². The zero-order chi connectivity index (χ0) is 15.8. The summed E-state index contributed by atoms with van der Waals surface area (Å²) in [4.78, 5) is 17.7. The van der Waals surface area contributed by atoms with E-state index in [4.69, 9.17) is 12.2 Å². The van der Waals surface area contributed by atoms with Gasteiger partial charge in [0, 0.05) is 24.5 Å². The second-order valence-electron chi connectivity index (χ2n) is 6.40. The molecule has 0 aromatic heterocycles. The number of hydrogen-bond acceptors (Lipinski definition) is 4. The number of hydrogen-bond donors (Lipinski definition) is 0. The maximum atomic E-state index is 12.8. The molecule has 3 nitrogen and oxygen atoms in total. The van der Waals surface area contributed by atoms with Crippen LogP contribution in [-0.2, 0) is 11.2 Å². The SMILES string of the molecule is O=C1/C(=C/N2CCCc3ccccc32)SC(=S)N1C1CCCC1. The molecule has 0 atom stereocenters. The minimum atomic E-state index is 0.106. The average Bonchev–Trinajstić information content (AvgIpc) is 3.17. The molecule has 2 aliphatic heterocycles. The maximum Gasteiger partial charge on any atom is 0.267 e. The number of benzene rings is 1. The highest BCUT2D eigenvalue weighted by molar-refractivity contribution is 8.26. The first-order valence-corrected chi connectivity index (χ1v) is 9.58. The highest BCUT2D eigenvalue weighted by Crippen LogP contribution is 2.38. The Kier molecular flexibility index (Phi) is 4.16. The lowest BCUT2D eigenvalue weighted by Crippen LogP contribution is -2.37. The summed E-state index contributed by atoms with van der Waals surface area (Å²) in [5.74, 6) is 0.106. The summed E-state index contributed by atoms with van der Waals surface area (Å²) in [5, 5.41) is 0. The summed E-state index contributed by atoms with van der Waals surface area (Å²) < 4.78 is 0.735. The number of carbonyl (C=O) groups is 1. The molecule has 1 aromatic rings. The molecule has 0 unspecified atom stereocenters. The quantitative estimate of drug-likeness (QED) is 0.596. The number of rotatable bonds is 2. The first kappa shape index (κ1) is 15.2. The van der Waals surface area contributed by atoms with Crippen molar-refractivity contribution in [1.29, 1.82) is 0 Å². The van der Waals surface area contributed by atoms with Gasteiger partial charge in [0.1, 0.15) is 4.32 Å². The number of carbonyl (C=O) groups excluding carboxylic acids is 1. The van der Waals surface area contributed by atoms with E-state index in [-0.39, 0.29) is 5.91 Å². The van der Waals surface area contributed by atoms with Crippen LogP contribution in [0.25, 0.3) is 0 Å². The van der Waals surface area contributed by atoms with Gasteiger partial charge in [0.05, 0.1) is 4.91 Å². The Morgan fingerprint density at radius 3 is 2.78 bits per heavy atom. The van der Waals surface area contributed by atoms with Crippen molar-refractivity contribution < 1.29 is 4.79 Å². The molecule has 0 spiro atoms. The summed E-state index contributed by atoms with van der Waals surface area (Å²) in [7, 11) is 0. The van der Waals surface area contributed by atoms with Crippen molar-refractivity contribution in [2.24, 2.45) is 0 Å². The Morgan fingerprint density at radius 2 is 1.96 bits per heavy atom. The summed E-state index contributed by atoms with van der Waals surface area (Å²) >= 11 is 6.95. The molecule has 1 saturated heterocycles. The van der Waals surface area contributed by atoms with Crippen molar-refractivity contribution in [3.8, 4) is 0 Å². The molecule has 0 bridgehead atoms. The van der Waals surface area contributed by atoms with Gasteiger partial charge in [-0.15, -0.1) is 0 Å². The van der Waals surface area contributed by atoms with Crippen LogP contribution in [0.15, 0.2) is 35.4 Å². The van der Waals surface area contributed by atoms with E-state index in [1.54, 1.807) is 0 Å². The fourth-order valence-electron chi connectivity index (χ4n) is 3.79.